The van der Waals surface area contributed by atoms with Gasteiger partial charge in [0.2, 0.25) is 0 Å². The molecule has 5 nitrogen and oxygen atoms in total. The molecule has 5 heteroatoms. The first-order chi connectivity index (χ1) is 13.0. The number of amides is 2. The molecule has 2 amide bonds. The van der Waals surface area contributed by atoms with Crippen LogP contribution in [0.15, 0.2) is 48.5 Å². The van der Waals surface area contributed by atoms with E-state index in [-0.39, 0.29) is 24.9 Å². The number of likely N-dealkylation sites (N-methyl/N-ethyl adjacent to an activating group) is 1. The van der Waals surface area contributed by atoms with E-state index in [2.05, 4.69) is 22.8 Å². The highest BCUT2D eigenvalue weighted by Crippen LogP contribution is 2.18. The SMILES string of the molecule is Cc1cccc(C)c1NC(=O)C[NH+](C)CC(=O)NCCCc1ccccc1. The first-order valence-electron chi connectivity index (χ1n) is 9.43. The second-order valence-corrected chi connectivity index (χ2v) is 7.06. The van der Waals surface area contributed by atoms with Gasteiger partial charge in [-0.25, -0.2) is 0 Å². The maximum Gasteiger partial charge on any atom is 0.279 e. The summed E-state index contributed by atoms with van der Waals surface area (Å²) in [5.74, 6) is -0.109. The Morgan fingerprint density at radius 1 is 0.889 bits per heavy atom. The van der Waals surface area contributed by atoms with Crippen molar-refractivity contribution < 1.29 is 14.5 Å². The fourth-order valence-corrected chi connectivity index (χ4v) is 3.03. The van der Waals surface area contributed by atoms with E-state index in [1.54, 1.807) is 0 Å². The molecule has 1 atom stereocenters. The summed E-state index contributed by atoms with van der Waals surface area (Å²) in [4.78, 5) is 25.2. The van der Waals surface area contributed by atoms with Gasteiger partial charge in [-0.2, -0.15) is 0 Å². The van der Waals surface area contributed by atoms with Crippen molar-refractivity contribution in [3.8, 4) is 0 Å². The Labute approximate surface area is 161 Å². The number of carbonyl (C=O) groups excluding carboxylic acids is 2. The minimum absolute atomic E-state index is 0.0274. The van der Waals surface area contributed by atoms with Gasteiger partial charge >= 0.3 is 0 Å². The normalized spacial score (nSPS) is 11.7. The lowest BCUT2D eigenvalue weighted by molar-refractivity contribution is -0.862. The molecule has 0 saturated carbocycles. The third-order valence-corrected chi connectivity index (χ3v) is 4.48. The van der Waals surface area contributed by atoms with Crippen molar-refractivity contribution in [3.05, 3.63) is 65.2 Å². The van der Waals surface area contributed by atoms with Gasteiger partial charge in [-0.3, -0.25) is 9.59 Å². The van der Waals surface area contributed by atoms with Gasteiger partial charge in [0.15, 0.2) is 13.1 Å². The molecule has 2 aromatic rings. The third kappa shape index (κ3) is 7.23. The van der Waals surface area contributed by atoms with E-state index >= 15 is 0 Å². The molecule has 3 N–H and O–H groups in total. The standard InChI is InChI=1S/C22H29N3O2/c1-17-9-7-10-18(2)22(17)24-21(27)16-25(3)15-20(26)23-14-8-13-19-11-5-4-6-12-19/h4-7,9-12H,8,13-16H2,1-3H3,(H,23,26)(H,24,27)/p+1. The average molecular weight is 369 g/mol. The van der Waals surface area contributed by atoms with Crippen molar-refractivity contribution in [1.82, 2.24) is 5.32 Å². The third-order valence-electron chi connectivity index (χ3n) is 4.48. The minimum atomic E-state index is -0.0817. The van der Waals surface area contributed by atoms with Crippen molar-refractivity contribution in [2.45, 2.75) is 26.7 Å². The van der Waals surface area contributed by atoms with Crippen LogP contribution in [0.2, 0.25) is 0 Å². The average Bonchev–Trinajstić information content (AvgIpc) is 2.63. The van der Waals surface area contributed by atoms with Gasteiger partial charge in [0.25, 0.3) is 11.8 Å². The molecule has 0 aliphatic carbocycles. The van der Waals surface area contributed by atoms with Crippen LogP contribution >= 0.6 is 0 Å². The van der Waals surface area contributed by atoms with Gasteiger partial charge < -0.3 is 15.5 Å². The lowest BCUT2D eigenvalue weighted by Gasteiger charge is -2.15. The zero-order chi connectivity index (χ0) is 19.6. The number of aryl methyl sites for hydroxylation is 3. The van der Waals surface area contributed by atoms with Crippen molar-refractivity contribution in [2.24, 2.45) is 0 Å². The molecule has 0 radical (unpaired) electrons. The molecule has 0 bridgehead atoms. The Bertz CT molecular complexity index is 739. The molecule has 2 aromatic carbocycles. The van der Waals surface area contributed by atoms with Crippen LogP contribution in [-0.4, -0.2) is 38.5 Å². The van der Waals surface area contributed by atoms with E-state index in [4.69, 9.17) is 0 Å². The fraction of sp³-hybridized carbons (Fsp3) is 0.364. The van der Waals surface area contributed by atoms with E-state index in [0.717, 1.165) is 34.6 Å². The van der Waals surface area contributed by atoms with Gasteiger partial charge in [-0.05, 0) is 43.4 Å². The molecule has 0 aromatic heterocycles. The molecule has 0 spiro atoms. The maximum absolute atomic E-state index is 12.3. The van der Waals surface area contributed by atoms with Crippen LogP contribution in [0, 0.1) is 13.8 Å². The number of hydrogen-bond acceptors (Lipinski definition) is 2. The smallest absolute Gasteiger partial charge is 0.279 e. The first-order valence-corrected chi connectivity index (χ1v) is 9.43. The van der Waals surface area contributed by atoms with Crippen LogP contribution in [0.1, 0.15) is 23.1 Å². The molecule has 1 unspecified atom stereocenters. The van der Waals surface area contributed by atoms with Crippen molar-refractivity contribution in [2.75, 3.05) is 32.0 Å². The minimum Gasteiger partial charge on any atom is -0.351 e. The summed E-state index contributed by atoms with van der Waals surface area (Å²) in [6.45, 7) is 5.14. The highest BCUT2D eigenvalue weighted by molar-refractivity contribution is 5.93. The summed E-state index contributed by atoms with van der Waals surface area (Å²) in [6.07, 6.45) is 1.85. The zero-order valence-corrected chi connectivity index (χ0v) is 16.5. The van der Waals surface area contributed by atoms with Crippen LogP contribution in [0.3, 0.4) is 0 Å². The molecular formula is C22H30N3O2+. The Balaban J connectivity index is 1.67. The number of nitrogens with one attached hydrogen (secondary N) is 3. The maximum atomic E-state index is 12.3. The quantitative estimate of drug-likeness (QED) is 0.588. The predicted molar refractivity (Wildman–Crippen MR) is 109 cm³/mol. The van der Waals surface area contributed by atoms with E-state index in [0.29, 0.717) is 6.54 Å². The van der Waals surface area contributed by atoms with E-state index < -0.39 is 0 Å². The van der Waals surface area contributed by atoms with E-state index in [1.807, 2.05) is 57.3 Å². The highest BCUT2D eigenvalue weighted by Gasteiger charge is 2.15. The molecule has 27 heavy (non-hydrogen) atoms. The van der Waals surface area contributed by atoms with Gasteiger partial charge in [0.1, 0.15) is 0 Å². The largest absolute Gasteiger partial charge is 0.351 e. The molecule has 0 saturated heterocycles. The second-order valence-electron chi connectivity index (χ2n) is 7.06. The monoisotopic (exact) mass is 368 g/mol. The molecule has 0 heterocycles. The van der Waals surface area contributed by atoms with Crippen LogP contribution in [0.25, 0.3) is 0 Å². The first kappa shape index (κ1) is 20.6. The van der Waals surface area contributed by atoms with E-state index in [1.165, 1.54) is 5.56 Å². The predicted octanol–water partition coefficient (Wildman–Crippen LogP) is 1.51. The second kappa shape index (κ2) is 10.5. The van der Waals surface area contributed by atoms with Gasteiger partial charge in [-0.1, -0.05) is 48.5 Å². The van der Waals surface area contributed by atoms with Crippen LogP contribution in [-0.2, 0) is 16.0 Å². The molecule has 0 fully saturated rings. The van der Waals surface area contributed by atoms with Crippen LogP contribution in [0.4, 0.5) is 5.69 Å². The summed E-state index contributed by atoms with van der Waals surface area (Å²) >= 11 is 0. The Morgan fingerprint density at radius 2 is 1.52 bits per heavy atom. The van der Waals surface area contributed by atoms with Gasteiger partial charge in [0, 0.05) is 12.2 Å². The lowest BCUT2D eigenvalue weighted by atomic mass is 10.1. The molecule has 2 rings (SSSR count). The van der Waals surface area contributed by atoms with Crippen LogP contribution in [0.5, 0.6) is 0 Å². The summed E-state index contributed by atoms with van der Waals surface area (Å²) in [6, 6.07) is 16.2. The zero-order valence-electron chi connectivity index (χ0n) is 16.5. The number of quaternary nitrogens is 1. The number of para-hydroxylation sites is 1. The number of rotatable bonds is 9. The Kier molecular flexibility index (Phi) is 8.01. The van der Waals surface area contributed by atoms with Crippen molar-refractivity contribution >= 4 is 17.5 Å². The molecule has 0 aliphatic rings. The Hall–Kier alpha value is -2.66. The van der Waals surface area contributed by atoms with Crippen molar-refractivity contribution in [3.63, 3.8) is 0 Å². The highest BCUT2D eigenvalue weighted by atomic mass is 16.2. The van der Waals surface area contributed by atoms with Gasteiger partial charge in [0.05, 0.1) is 7.05 Å². The molecular weight excluding hydrogens is 338 g/mol. The van der Waals surface area contributed by atoms with E-state index in [9.17, 15) is 9.59 Å². The summed E-state index contributed by atoms with van der Waals surface area (Å²) in [7, 11) is 1.85. The fourth-order valence-electron chi connectivity index (χ4n) is 3.03. The number of hydrogen-bond donors (Lipinski definition) is 3. The van der Waals surface area contributed by atoms with Crippen LogP contribution < -0.4 is 15.5 Å². The Morgan fingerprint density at radius 3 is 2.19 bits per heavy atom. The lowest BCUT2D eigenvalue weighted by Crippen LogP contribution is -3.11. The topological polar surface area (TPSA) is 62.6 Å². The number of benzene rings is 2. The summed E-state index contributed by atoms with van der Waals surface area (Å²) in [5.41, 5.74) is 4.22. The van der Waals surface area contributed by atoms with Gasteiger partial charge in [-0.15, -0.1) is 0 Å². The van der Waals surface area contributed by atoms with Crippen molar-refractivity contribution in [1.29, 1.82) is 0 Å². The molecule has 144 valence electrons. The number of carbonyl (C=O) groups is 2. The summed E-state index contributed by atoms with van der Waals surface area (Å²) < 4.78 is 0. The molecule has 0 aliphatic heterocycles. The number of anilines is 1. The summed E-state index contributed by atoms with van der Waals surface area (Å²) in [5, 5.41) is 5.90.